The fraction of sp³-hybridized carbons (Fsp3) is 0.0385. The van der Waals surface area contributed by atoms with Crippen LogP contribution < -0.4 is 0 Å². The lowest BCUT2D eigenvalue weighted by Gasteiger charge is -2.10. The minimum absolute atomic E-state index is 0.439. The normalized spacial score (nSPS) is 10.8. The highest BCUT2D eigenvalue weighted by Crippen LogP contribution is 2.34. The number of nitrogens with zero attached hydrogens (tertiary/aromatic N) is 5. The molecule has 0 aliphatic carbocycles. The molecule has 160 valence electrons. The van der Waals surface area contributed by atoms with Crippen LogP contribution in [-0.4, -0.2) is 31.2 Å². The fourth-order valence-corrected chi connectivity index (χ4v) is 4.45. The SMILES string of the molecule is Cc1nn(-c2ccccc2)c(Sc2nnc(-c3ccccc3)c(-c3ccccc3)n2)c1C=O. The molecule has 0 atom stereocenters. The molecule has 0 spiro atoms. The first-order valence-electron chi connectivity index (χ1n) is 10.4. The Balaban J connectivity index is 1.63. The minimum Gasteiger partial charge on any atom is -0.298 e. The number of rotatable bonds is 6. The minimum atomic E-state index is 0.439. The molecule has 5 rings (SSSR count). The molecule has 0 bridgehead atoms. The highest BCUT2D eigenvalue weighted by atomic mass is 32.2. The summed E-state index contributed by atoms with van der Waals surface area (Å²) in [4.78, 5) is 16.8. The van der Waals surface area contributed by atoms with Crippen molar-refractivity contribution >= 4 is 18.0 Å². The number of hydrogen-bond donors (Lipinski definition) is 0. The maximum absolute atomic E-state index is 11.9. The summed E-state index contributed by atoms with van der Waals surface area (Å²) in [5.74, 6) is 0. The van der Waals surface area contributed by atoms with Crippen molar-refractivity contribution in [3.63, 3.8) is 0 Å². The van der Waals surface area contributed by atoms with Crippen molar-refractivity contribution in [3.8, 4) is 28.2 Å². The number of para-hydroxylation sites is 1. The largest absolute Gasteiger partial charge is 0.298 e. The summed E-state index contributed by atoms with van der Waals surface area (Å²) in [6.07, 6.45) is 0.827. The van der Waals surface area contributed by atoms with Gasteiger partial charge in [-0.15, -0.1) is 10.2 Å². The summed E-state index contributed by atoms with van der Waals surface area (Å²) in [7, 11) is 0. The Kier molecular flexibility index (Phi) is 5.78. The summed E-state index contributed by atoms with van der Waals surface area (Å²) in [6.45, 7) is 1.82. The third-order valence-electron chi connectivity index (χ3n) is 5.13. The summed E-state index contributed by atoms with van der Waals surface area (Å²) in [5, 5.41) is 14.6. The third kappa shape index (κ3) is 4.18. The van der Waals surface area contributed by atoms with Crippen molar-refractivity contribution in [1.29, 1.82) is 0 Å². The first-order valence-corrected chi connectivity index (χ1v) is 11.2. The van der Waals surface area contributed by atoms with Gasteiger partial charge in [0.25, 0.3) is 0 Å². The number of carbonyl (C=O) groups excluding carboxylic acids is 1. The summed E-state index contributed by atoms with van der Waals surface area (Å²) >= 11 is 1.28. The maximum atomic E-state index is 11.9. The molecule has 0 N–H and O–H groups in total. The van der Waals surface area contributed by atoms with Crippen molar-refractivity contribution in [1.82, 2.24) is 25.0 Å². The van der Waals surface area contributed by atoms with Gasteiger partial charge in [0.1, 0.15) is 16.4 Å². The summed E-state index contributed by atoms with van der Waals surface area (Å²) in [5.41, 5.74) is 5.33. The van der Waals surface area contributed by atoms with Gasteiger partial charge in [0, 0.05) is 11.1 Å². The predicted octanol–water partition coefficient (Wildman–Crippen LogP) is 5.66. The van der Waals surface area contributed by atoms with Gasteiger partial charge in [0.15, 0.2) is 6.29 Å². The number of hydrogen-bond acceptors (Lipinski definition) is 6. The van der Waals surface area contributed by atoms with Crippen molar-refractivity contribution < 1.29 is 4.79 Å². The number of benzene rings is 3. The molecule has 2 heterocycles. The topological polar surface area (TPSA) is 73.6 Å². The molecule has 0 amide bonds. The lowest BCUT2D eigenvalue weighted by Crippen LogP contribution is -2.02. The number of carbonyl (C=O) groups is 1. The lowest BCUT2D eigenvalue weighted by atomic mass is 10.0. The first-order chi connectivity index (χ1) is 16.2. The van der Waals surface area contributed by atoms with Crippen LogP contribution in [-0.2, 0) is 0 Å². The van der Waals surface area contributed by atoms with Crippen LogP contribution in [0.1, 0.15) is 16.1 Å². The van der Waals surface area contributed by atoms with Gasteiger partial charge < -0.3 is 0 Å². The van der Waals surface area contributed by atoms with Crippen LogP contribution >= 0.6 is 11.8 Å². The van der Waals surface area contributed by atoms with Crippen molar-refractivity contribution in [3.05, 3.63) is 102 Å². The van der Waals surface area contributed by atoms with Gasteiger partial charge in [-0.2, -0.15) is 5.10 Å². The number of aldehydes is 1. The molecular formula is C26H19N5OS. The zero-order chi connectivity index (χ0) is 22.6. The maximum Gasteiger partial charge on any atom is 0.216 e. The van der Waals surface area contributed by atoms with E-state index in [0.29, 0.717) is 27.1 Å². The van der Waals surface area contributed by atoms with Crippen LogP contribution in [0.2, 0.25) is 0 Å². The molecular weight excluding hydrogens is 430 g/mol. The Hall–Kier alpha value is -4.10. The van der Waals surface area contributed by atoms with Gasteiger partial charge in [-0.1, -0.05) is 78.9 Å². The first kappa shape index (κ1) is 20.8. The summed E-state index contributed by atoms with van der Waals surface area (Å²) in [6, 6.07) is 29.5. The van der Waals surface area contributed by atoms with E-state index in [0.717, 1.165) is 28.8 Å². The van der Waals surface area contributed by atoms with Crippen molar-refractivity contribution in [2.45, 2.75) is 17.1 Å². The van der Waals surface area contributed by atoms with E-state index in [1.54, 1.807) is 4.68 Å². The zero-order valence-electron chi connectivity index (χ0n) is 17.8. The molecule has 0 radical (unpaired) electrons. The van der Waals surface area contributed by atoms with Gasteiger partial charge in [-0.3, -0.25) is 4.79 Å². The van der Waals surface area contributed by atoms with Gasteiger partial charge in [0.05, 0.1) is 16.9 Å². The molecule has 0 saturated carbocycles. The second-order valence-corrected chi connectivity index (χ2v) is 8.25. The molecule has 3 aromatic carbocycles. The predicted molar refractivity (Wildman–Crippen MR) is 129 cm³/mol. The highest BCUT2D eigenvalue weighted by Gasteiger charge is 2.20. The molecule has 0 aliphatic heterocycles. The average molecular weight is 450 g/mol. The Bertz CT molecular complexity index is 1400. The monoisotopic (exact) mass is 449 g/mol. The van der Waals surface area contributed by atoms with E-state index in [1.807, 2.05) is 97.9 Å². The van der Waals surface area contributed by atoms with Gasteiger partial charge in [0.2, 0.25) is 5.16 Å². The van der Waals surface area contributed by atoms with Crippen LogP contribution in [0, 0.1) is 6.92 Å². The van der Waals surface area contributed by atoms with E-state index in [-0.39, 0.29) is 0 Å². The van der Waals surface area contributed by atoms with Crippen LogP contribution in [0.25, 0.3) is 28.2 Å². The van der Waals surface area contributed by atoms with E-state index in [9.17, 15) is 4.79 Å². The van der Waals surface area contributed by atoms with Crippen LogP contribution in [0.4, 0.5) is 0 Å². The second kappa shape index (κ2) is 9.18. The van der Waals surface area contributed by atoms with Crippen LogP contribution in [0.5, 0.6) is 0 Å². The fourth-order valence-electron chi connectivity index (χ4n) is 3.52. The molecule has 5 aromatic rings. The molecule has 6 nitrogen and oxygen atoms in total. The number of aromatic nitrogens is 5. The Morgan fingerprint density at radius 3 is 1.94 bits per heavy atom. The zero-order valence-corrected chi connectivity index (χ0v) is 18.6. The summed E-state index contributed by atoms with van der Waals surface area (Å²) < 4.78 is 1.75. The molecule has 0 saturated heterocycles. The van der Waals surface area contributed by atoms with E-state index < -0.39 is 0 Å². The Morgan fingerprint density at radius 2 is 1.33 bits per heavy atom. The van der Waals surface area contributed by atoms with Crippen molar-refractivity contribution in [2.75, 3.05) is 0 Å². The molecule has 0 fully saturated rings. The Morgan fingerprint density at radius 1 is 0.758 bits per heavy atom. The van der Waals surface area contributed by atoms with Gasteiger partial charge >= 0.3 is 0 Å². The van der Waals surface area contributed by atoms with Crippen LogP contribution in [0.15, 0.2) is 101 Å². The van der Waals surface area contributed by atoms with Gasteiger partial charge in [-0.05, 0) is 30.8 Å². The number of aryl methyl sites for hydroxylation is 1. The average Bonchev–Trinajstić information content (AvgIpc) is 3.20. The van der Waals surface area contributed by atoms with Gasteiger partial charge in [-0.25, -0.2) is 9.67 Å². The highest BCUT2D eigenvalue weighted by molar-refractivity contribution is 7.99. The molecule has 2 aromatic heterocycles. The van der Waals surface area contributed by atoms with E-state index in [4.69, 9.17) is 4.98 Å². The van der Waals surface area contributed by atoms with E-state index >= 15 is 0 Å². The third-order valence-corrected chi connectivity index (χ3v) is 6.07. The van der Waals surface area contributed by atoms with E-state index in [2.05, 4.69) is 15.3 Å². The smallest absolute Gasteiger partial charge is 0.216 e. The second-order valence-electron chi connectivity index (χ2n) is 7.30. The standard InChI is InChI=1S/C26H19N5OS/c1-18-22(17-32)25(31(30-18)21-15-9-4-10-16-21)33-26-27-23(19-11-5-2-6-12-19)24(28-29-26)20-13-7-3-8-14-20/h2-17H,1H3. The van der Waals surface area contributed by atoms with Crippen LogP contribution in [0.3, 0.4) is 0 Å². The Labute approximate surface area is 195 Å². The quantitative estimate of drug-likeness (QED) is 0.311. The lowest BCUT2D eigenvalue weighted by molar-refractivity contribution is 0.112. The molecule has 7 heteroatoms. The molecule has 33 heavy (non-hydrogen) atoms. The van der Waals surface area contributed by atoms with E-state index in [1.165, 1.54) is 11.8 Å². The molecule has 0 unspecified atom stereocenters. The molecule has 0 aliphatic rings. The van der Waals surface area contributed by atoms with Crippen molar-refractivity contribution in [2.24, 2.45) is 0 Å².